The van der Waals surface area contributed by atoms with Crippen molar-refractivity contribution < 1.29 is 13.8 Å². The maximum atomic E-state index is 11.5. The largest absolute Gasteiger partial charge is 0.368 e. The molecule has 1 aromatic rings. The van der Waals surface area contributed by atoms with Gasteiger partial charge in [0.1, 0.15) is 18.8 Å². The summed E-state index contributed by atoms with van der Waals surface area (Å²) in [7, 11) is -2.61. The fourth-order valence-corrected chi connectivity index (χ4v) is 2.42. The normalized spacial score (nSPS) is 29.1. The fraction of sp³-hybridized carbons (Fsp3) is 0.625. The van der Waals surface area contributed by atoms with E-state index in [0.29, 0.717) is 0 Å². The summed E-state index contributed by atoms with van der Waals surface area (Å²) in [6.07, 6.45) is 1.03. The van der Waals surface area contributed by atoms with Gasteiger partial charge < -0.3 is 15.0 Å². The summed E-state index contributed by atoms with van der Waals surface area (Å²) < 4.78 is 23.3. The Balaban J connectivity index is 2.03. The number of aromatic nitrogens is 3. The molecule has 0 amide bonds. The molecule has 0 aliphatic carbocycles. The SMILES string of the molecule is CP1(=O)CO[C@@H](Cn2cnc(N)nc2=O)CO1. The highest BCUT2D eigenvalue weighted by molar-refractivity contribution is 7.58. The molecule has 2 rings (SSSR count). The number of hydrogen-bond acceptors (Lipinski definition) is 7. The van der Waals surface area contributed by atoms with E-state index in [-0.39, 0.29) is 31.6 Å². The molecule has 0 aromatic carbocycles. The number of ether oxygens (including phenoxy) is 1. The second kappa shape index (κ2) is 4.56. The number of anilines is 1. The highest BCUT2D eigenvalue weighted by atomic mass is 31.2. The Bertz CT molecular complexity index is 504. The lowest BCUT2D eigenvalue weighted by Crippen LogP contribution is -2.35. The van der Waals surface area contributed by atoms with Crippen LogP contribution in [0.25, 0.3) is 0 Å². The highest BCUT2D eigenvalue weighted by Crippen LogP contribution is 2.45. The first kappa shape index (κ1) is 12.2. The average Bonchev–Trinajstić information content (AvgIpc) is 2.25. The molecule has 2 heterocycles. The van der Waals surface area contributed by atoms with Gasteiger partial charge >= 0.3 is 5.69 Å². The van der Waals surface area contributed by atoms with Crippen molar-refractivity contribution in [3.8, 4) is 0 Å². The molecule has 0 saturated carbocycles. The van der Waals surface area contributed by atoms with E-state index < -0.39 is 13.1 Å². The van der Waals surface area contributed by atoms with Crippen molar-refractivity contribution in [3.63, 3.8) is 0 Å². The van der Waals surface area contributed by atoms with Crippen molar-refractivity contribution in [2.24, 2.45) is 0 Å². The van der Waals surface area contributed by atoms with Crippen molar-refractivity contribution in [1.29, 1.82) is 0 Å². The van der Waals surface area contributed by atoms with E-state index in [0.717, 1.165) is 0 Å². The minimum Gasteiger partial charge on any atom is -0.368 e. The van der Waals surface area contributed by atoms with Crippen molar-refractivity contribution in [3.05, 3.63) is 16.8 Å². The highest BCUT2D eigenvalue weighted by Gasteiger charge is 2.27. The molecular formula is C8H13N4O4P. The average molecular weight is 260 g/mol. The number of nitrogens with zero attached hydrogens (tertiary/aromatic N) is 3. The zero-order valence-electron chi connectivity index (χ0n) is 9.28. The van der Waals surface area contributed by atoms with Gasteiger partial charge in [0.15, 0.2) is 0 Å². The van der Waals surface area contributed by atoms with Crippen LogP contribution < -0.4 is 11.4 Å². The van der Waals surface area contributed by atoms with Gasteiger partial charge in [0.25, 0.3) is 0 Å². The summed E-state index contributed by atoms with van der Waals surface area (Å²) in [5.41, 5.74) is 4.77. The van der Waals surface area contributed by atoms with Crippen molar-refractivity contribution in [2.75, 3.05) is 25.4 Å². The molecule has 9 heteroatoms. The third kappa shape index (κ3) is 3.12. The van der Waals surface area contributed by atoms with Crippen LogP contribution in [-0.4, -0.2) is 40.3 Å². The first-order valence-electron chi connectivity index (χ1n) is 4.98. The van der Waals surface area contributed by atoms with Gasteiger partial charge in [-0.3, -0.25) is 9.13 Å². The van der Waals surface area contributed by atoms with E-state index in [9.17, 15) is 9.36 Å². The molecule has 1 fully saturated rings. The molecule has 0 radical (unpaired) electrons. The molecule has 1 unspecified atom stereocenters. The molecule has 1 aromatic heterocycles. The summed E-state index contributed by atoms with van der Waals surface area (Å²) in [6, 6.07) is 0. The minimum absolute atomic E-state index is 0.0578. The first-order valence-corrected chi connectivity index (χ1v) is 7.24. The van der Waals surface area contributed by atoms with Gasteiger partial charge in [-0.05, 0) is 0 Å². The molecule has 1 saturated heterocycles. The molecule has 0 spiro atoms. The van der Waals surface area contributed by atoms with Crippen LogP contribution in [0.1, 0.15) is 0 Å². The van der Waals surface area contributed by atoms with Gasteiger partial charge in [0.2, 0.25) is 13.3 Å². The van der Waals surface area contributed by atoms with E-state index >= 15 is 0 Å². The first-order chi connectivity index (χ1) is 7.96. The number of nitrogens with two attached hydrogens (primary N) is 1. The van der Waals surface area contributed by atoms with E-state index in [1.807, 2.05) is 0 Å². The molecule has 94 valence electrons. The van der Waals surface area contributed by atoms with Crippen LogP contribution in [0.15, 0.2) is 11.1 Å². The van der Waals surface area contributed by atoms with Crippen molar-refractivity contribution in [1.82, 2.24) is 14.5 Å². The Morgan fingerprint density at radius 1 is 1.71 bits per heavy atom. The van der Waals surface area contributed by atoms with Gasteiger partial charge in [-0.1, -0.05) is 0 Å². The topological polar surface area (TPSA) is 109 Å². The molecule has 2 atom stereocenters. The van der Waals surface area contributed by atoms with Crippen LogP contribution in [0.5, 0.6) is 0 Å². The molecule has 1 aliphatic rings. The van der Waals surface area contributed by atoms with Crippen molar-refractivity contribution in [2.45, 2.75) is 12.6 Å². The standard InChI is InChI=1S/C8H13N4O4P/c1-17(14)5-15-6(3-16-17)2-12-4-10-7(9)11-8(12)13/h4,6H,2-3,5H2,1H3,(H2,9,11,13)/t6-,17?/m0/s1. The van der Waals surface area contributed by atoms with E-state index in [1.165, 1.54) is 17.6 Å². The predicted octanol–water partition coefficient (Wildman–Crippen LogP) is -0.499. The molecule has 17 heavy (non-hydrogen) atoms. The Morgan fingerprint density at radius 2 is 2.47 bits per heavy atom. The zero-order valence-corrected chi connectivity index (χ0v) is 10.2. The number of rotatable bonds is 2. The molecule has 2 N–H and O–H groups in total. The fourth-order valence-electron chi connectivity index (χ4n) is 1.39. The van der Waals surface area contributed by atoms with E-state index in [2.05, 4.69) is 9.97 Å². The molecular weight excluding hydrogens is 247 g/mol. The smallest absolute Gasteiger partial charge is 0.352 e. The maximum Gasteiger partial charge on any atom is 0.352 e. The molecule has 8 nitrogen and oxygen atoms in total. The van der Waals surface area contributed by atoms with Gasteiger partial charge in [-0.15, -0.1) is 0 Å². The van der Waals surface area contributed by atoms with E-state index in [4.69, 9.17) is 15.0 Å². The second-order valence-electron chi connectivity index (χ2n) is 3.88. The summed E-state index contributed by atoms with van der Waals surface area (Å²) in [5, 5.41) is 0. The zero-order chi connectivity index (χ0) is 12.5. The van der Waals surface area contributed by atoms with Gasteiger partial charge in [-0.2, -0.15) is 4.98 Å². The van der Waals surface area contributed by atoms with Crippen LogP contribution in [0.3, 0.4) is 0 Å². The van der Waals surface area contributed by atoms with Gasteiger partial charge in [0, 0.05) is 6.66 Å². The predicted molar refractivity (Wildman–Crippen MR) is 59.9 cm³/mol. The summed E-state index contributed by atoms with van der Waals surface area (Å²) >= 11 is 0. The third-order valence-electron chi connectivity index (χ3n) is 2.26. The molecule has 1 aliphatic heterocycles. The quantitative estimate of drug-likeness (QED) is 0.714. The summed E-state index contributed by atoms with van der Waals surface area (Å²) in [5.74, 6) is -0.0647. The van der Waals surface area contributed by atoms with Crippen molar-refractivity contribution >= 4 is 13.3 Å². The summed E-state index contributed by atoms with van der Waals surface area (Å²) in [4.78, 5) is 18.6. The lowest BCUT2D eigenvalue weighted by atomic mass is 10.4. The van der Waals surface area contributed by atoms with Crippen LogP contribution in [-0.2, 0) is 20.4 Å². The second-order valence-corrected chi connectivity index (χ2v) is 6.42. The van der Waals surface area contributed by atoms with Crippen LogP contribution in [0.2, 0.25) is 0 Å². The van der Waals surface area contributed by atoms with Gasteiger partial charge in [-0.25, -0.2) is 9.78 Å². The minimum atomic E-state index is -2.61. The van der Waals surface area contributed by atoms with Gasteiger partial charge in [0.05, 0.1) is 13.2 Å². The van der Waals surface area contributed by atoms with Crippen LogP contribution in [0.4, 0.5) is 5.95 Å². The van der Waals surface area contributed by atoms with Crippen LogP contribution >= 0.6 is 7.37 Å². The third-order valence-corrected chi connectivity index (χ3v) is 3.58. The number of hydrogen-bond donors (Lipinski definition) is 1. The van der Waals surface area contributed by atoms with Crippen LogP contribution in [0, 0.1) is 0 Å². The Labute approximate surface area is 97.2 Å². The summed E-state index contributed by atoms with van der Waals surface area (Å²) in [6.45, 7) is 1.95. The van der Waals surface area contributed by atoms with E-state index in [1.54, 1.807) is 0 Å². The Kier molecular flexibility index (Phi) is 3.28. The maximum absolute atomic E-state index is 11.5. The number of nitrogen functional groups attached to an aromatic ring is 1. The lowest BCUT2D eigenvalue weighted by molar-refractivity contribution is 0.00363. The lowest BCUT2D eigenvalue weighted by Gasteiger charge is -2.27. The monoisotopic (exact) mass is 260 g/mol. The Morgan fingerprint density at radius 3 is 3.06 bits per heavy atom. The molecule has 0 bridgehead atoms. The Hall–Kier alpha value is -1.24.